The van der Waals surface area contributed by atoms with Gasteiger partial charge in [0.2, 0.25) is 0 Å². The Morgan fingerprint density at radius 1 is 1.15 bits per heavy atom. The molecule has 2 aromatic rings. The van der Waals surface area contributed by atoms with Crippen LogP contribution in [0.3, 0.4) is 0 Å². The Morgan fingerprint density at radius 3 is 2.50 bits per heavy atom. The Labute approximate surface area is 114 Å². The first-order chi connectivity index (χ1) is 9.51. The lowest BCUT2D eigenvalue weighted by molar-refractivity contribution is 0.0536. The van der Waals surface area contributed by atoms with Gasteiger partial charge in [0.25, 0.3) is 5.92 Å². The van der Waals surface area contributed by atoms with Gasteiger partial charge < -0.3 is 4.90 Å². The molecule has 2 fully saturated rings. The second kappa shape index (κ2) is 3.65. The van der Waals surface area contributed by atoms with Crippen molar-refractivity contribution in [2.75, 3.05) is 18.0 Å². The third kappa shape index (κ3) is 1.55. The first kappa shape index (κ1) is 12.0. The minimum Gasteiger partial charge on any atom is -0.355 e. The number of alkyl halides is 2. The Morgan fingerprint density at radius 2 is 1.85 bits per heavy atom. The number of fused-ring (bicyclic) bond motifs is 1. The summed E-state index contributed by atoms with van der Waals surface area (Å²) in [6.45, 7) is 3.11. The maximum atomic E-state index is 13.4. The van der Waals surface area contributed by atoms with E-state index in [-0.39, 0.29) is 6.42 Å². The number of halogens is 2. The highest BCUT2D eigenvalue weighted by Crippen LogP contribution is 2.65. The van der Waals surface area contributed by atoms with Gasteiger partial charge in [-0.3, -0.25) is 0 Å². The van der Waals surface area contributed by atoms with E-state index in [9.17, 15) is 8.78 Å². The van der Waals surface area contributed by atoms with Crippen LogP contribution in [0.15, 0.2) is 12.1 Å². The summed E-state index contributed by atoms with van der Waals surface area (Å²) in [6, 6.07) is 3.74. The van der Waals surface area contributed by atoms with E-state index in [1.54, 1.807) is 4.52 Å². The predicted molar refractivity (Wildman–Crippen MR) is 69.0 cm³/mol. The third-order valence-electron chi connectivity index (χ3n) is 4.66. The van der Waals surface area contributed by atoms with Crippen molar-refractivity contribution in [1.82, 2.24) is 19.8 Å². The maximum Gasteiger partial charge on any atom is 0.254 e. The predicted octanol–water partition coefficient (Wildman–Crippen LogP) is 2.06. The zero-order valence-corrected chi connectivity index (χ0v) is 11.2. The average Bonchev–Trinajstić information content (AvgIpc) is 2.78. The molecule has 106 valence electrons. The molecule has 1 spiro atoms. The summed E-state index contributed by atoms with van der Waals surface area (Å²) in [4.78, 5) is 2.07. The van der Waals surface area contributed by atoms with Gasteiger partial charge in [-0.05, 0) is 31.9 Å². The van der Waals surface area contributed by atoms with Crippen molar-refractivity contribution in [3.05, 3.63) is 18.0 Å². The summed E-state index contributed by atoms with van der Waals surface area (Å²) in [6.07, 6.45) is 1.15. The van der Waals surface area contributed by atoms with Crippen LogP contribution in [0, 0.1) is 12.3 Å². The summed E-state index contributed by atoms with van der Waals surface area (Å²) in [5.74, 6) is -0.912. The number of hydrogen-bond donors (Lipinski definition) is 0. The van der Waals surface area contributed by atoms with E-state index in [4.69, 9.17) is 0 Å². The van der Waals surface area contributed by atoms with Crippen LogP contribution in [0.25, 0.3) is 5.65 Å². The van der Waals surface area contributed by atoms with E-state index >= 15 is 0 Å². The second-order valence-electron chi connectivity index (χ2n) is 5.86. The molecule has 0 N–H and O–H groups in total. The lowest BCUT2D eigenvalue weighted by Gasteiger charge is -2.32. The molecule has 20 heavy (non-hydrogen) atoms. The van der Waals surface area contributed by atoms with Crippen LogP contribution in [0.2, 0.25) is 0 Å². The van der Waals surface area contributed by atoms with E-state index < -0.39 is 11.3 Å². The van der Waals surface area contributed by atoms with Crippen molar-refractivity contribution < 1.29 is 8.78 Å². The monoisotopic (exact) mass is 279 g/mol. The largest absolute Gasteiger partial charge is 0.355 e. The molecule has 0 unspecified atom stereocenters. The second-order valence-corrected chi connectivity index (χ2v) is 5.86. The Kier molecular flexibility index (Phi) is 2.19. The molecule has 4 rings (SSSR count). The van der Waals surface area contributed by atoms with Crippen molar-refractivity contribution in [3.8, 4) is 0 Å². The smallest absolute Gasteiger partial charge is 0.254 e. The molecule has 0 bridgehead atoms. The van der Waals surface area contributed by atoms with Crippen LogP contribution in [0.1, 0.15) is 25.1 Å². The molecular weight excluding hydrogens is 264 g/mol. The molecule has 3 heterocycles. The van der Waals surface area contributed by atoms with Crippen LogP contribution in [0.5, 0.6) is 0 Å². The van der Waals surface area contributed by atoms with E-state index in [1.165, 1.54) is 0 Å². The fourth-order valence-corrected chi connectivity index (χ4v) is 3.14. The van der Waals surface area contributed by atoms with Crippen molar-refractivity contribution in [2.24, 2.45) is 5.41 Å². The van der Waals surface area contributed by atoms with Crippen molar-refractivity contribution >= 4 is 11.5 Å². The fraction of sp³-hybridized carbons (Fsp3) is 0.615. The molecule has 1 aliphatic heterocycles. The topological polar surface area (TPSA) is 46.3 Å². The lowest BCUT2D eigenvalue weighted by Crippen LogP contribution is -2.37. The fourth-order valence-electron chi connectivity index (χ4n) is 3.14. The third-order valence-corrected chi connectivity index (χ3v) is 4.66. The molecule has 7 heteroatoms. The number of nitrogens with zero attached hydrogens (tertiary/aromatic N) is 5. The van der Waals surface area contributed by atoms with Crippen LogP contribution in [-0.4, -0.2) is 38.8 Å². The number of hydrogen-bond acceptors (Lipinski definition) is 4. The van der Waals surface area contributed by atoms with Gasteiger partial charge in [-0.15, -0.1) is 15.3 Å². The van der Waals surface area contributed by atoms with E-state index in [0.29, 0.717) is 31.6 Å². The summed E-state index contributed by atoms with van der Waals surface area (Å²) >= 11 is 0. The van der Waals surface area contributed by atoms with E-state index in [0.717, 1.165) is 11.6 Å². The molecule has 0 aromatic carbocycles. The number of aromatic nitrogens is 4. The highest BCUT2D eigenvalue weighted by atomic mass is 19.3. The summed E-state index contributed by atoms with van der Waals surface area (Å²) in [5, 5.41) is 12.4. The van der Waals surface area contributed by atoms with Crippen LogP contribution >= 0.6 is 0 Å². The first-order valence-corrected chi connectivity index (χ1v) is 6.83. The highest BCUT2D eigenvalue weighted by molar-refractivity contribution is 5.46. The van der Waals surface area contributed by atoms with Gasteiger partial charge in [0.15, 0.2) is 11.5 Å². The van der Waals surface area contributed by atoms with Gasteiger partial charge in [0, 0.05) is 24.9 Å². The van der Waals surface area contributed by atoms with Crippen molar-refractivity contribution in [2.45, 2.75) is 32.1 Å². The summed E-state index contributed by atoms with van der Waals surface area (Å²) in [7, 11) is 0. The molecule has 2 aromatic heterocycles. The first-order valence-electron chi connectivity index (χ1n) is 6.83. The Bertz CT molecular complexity index is 672. The average molecular weight is 279 g/mol. The number of piperidine rings is 1. The Hall–Kier alpha value is -1.79. The normalized spacial score (nSPS) is 23.4. The van der Waals surface area contributed by atoms with Crippen LogP contribution in [0.4, 0.5) is 14.6 Å². The minimum absolute atomic E-state index is 0.0604. The standard InChI is InChI=1S/C13H15F2N5/c1-9-16-17-10-2-3-11(18-20(9)10)19-6-4-12(5-7-19)8-13(12,14)15/h2-3H,4-8H2,1H3. The molecule has 0 atom stereocenters. The quantitative estimate of drug-likeness (QED) is 0.801. The van der Waals surface area contributed by atoms with Gasteiger partial charge in [0.05, 0.1) is 0 Å². The highest BCUT2D eigenvalue weighted by Gasteiger charge is 2.70. The SMILES string of the molecule is Cc1nnc2ccc(N3CCC4(CC3)CC4(F)F)nn12. The van der Waals surface area contributed by atoms with E-state index in [1.807, 2.05) is 19.1 Å². The molecule has 0 radical (unpaired) electrons. The molecule has 0 amide bonds. The van der Waals surface area contributed by atoms with Gasteiger partial charge >= 0.3 is 0 Å². The van der Waals surface area contributed by atoms with Gasteiger partial charge in [0.1, 0.15) is 5.82 Å². The number of anilines is 1. The Balaban J connectivity index is 1.57. The molecule has 2 aliphatic rings. The van der Waals surface area contributed by atoms with Crippen molar-refractivity contribution in [3.63, 3.8) is 0 Å². The van der Waals surface area contributed by atoms with Crippen LogP contribution in [-0.2, 0) is 0 Å². The summed E-state index contributed by atoms with van der Waals surface area (Å²) in [5.41, 5.74) is -0.0199. The van der Waals surface area contributed by atoms with Crippen molar-refractivity contribution in [1.29, 1.82) is 0 Å². The van der Waals surface area contributed by atoms with Gasteiger partial charge in [-0.2, -0.15) is 4.52 Å². The molecule has 1 saturated heterocycles. The molecular formula is C13H15F2N5. The minimum atomic E-state index is -2.44. The van der Waals surface area contributed by atoms with E-state index in [2.05, 4.69) is 20.2 Å². The number of aryl methyl sites for hydroxylation is 1. The molecule has 1 saturated carbocycles. The lowest BCUT2D eigenvalue weighted by atomic mass is 9.93. The zero-order valence-electron chi connectivity index (χ0n) is 11.2. The van der Waals surface area contributed by atoms with Gasteiger partial charge in [-0.1, -0.05) is 0 Å². The maximum absolute atomic E-state index is 13.4. The molecule has 1 aliphatic carbocycles. The number of rotatable bonds is 1. The van der Waals surface area contributed by atoms with Gasteiger partial charge in [-0.25, -0.2) is 8.78 Å². The van der Waals surface area contributed by atoms with Crippen LogP contribution < -0.4 is 4.90 Å². The zero-order chi connectivity index (χ0) is 14.0. The molecule has 5 nitrogen and oxygen atoms in total. The summed E-state index contributed by atoms with van der Waals surface area (Å²) < 4.78 is 28.4.